The van der Waals surface area contributed by atoms with Crippen LogP contribution >= 0.6 is 27.3 Å². The highest BCUT2D eigenvalue weighted by atomic mass is 79.9. The minimum absolute atomic E-state index is 0.206. The van der Waals surface area contributed by atoms with E-state index in [2.05, 4.69) is 36.6 Å². The molecule has 7 nitrogen and oxygen atoms in total. The van der Waals surface area contributed by atoms with E-state index in [-0.39, 0.29) is 6.03 Å². The Morgan fingerprint density at radius 3 is 2.87 bits per heavy atom. The first-order valence-corrected chi connectivity index (χ1v) is 8.47. The Balaban J connectivity index is 1.71. The summed E-state index contributed by atoms with van der Waals surface area (Å²) in [6.07, 6.45) is 0. The van der Waals surface area contributed by atoms with Gasteiger partial charge in [0.25, 0.3) is 0 Å². The lowest BCUT2D eigenvalue weighted by atomic mass is 10.2. The summed E-state index contributed by atoms with van der Waals surface area (Å²) in [7, 11) is 1.58. The number of nitrogens with one attached hydrogen (secondary N) is 1. The number of benzene rings is 1. The van der Waals surface area contributed by atoms with Crippen molar-refractivity contribution in [3.05, 3.63) is 44.9 Å². The molecule has 0 aliphatic carbocycles. The van der Waals surface area contributed by atoms with Crippen molar-refractivity contribution in [3.8, 4) is 11.3 Å². The molecule has 0 bridgehead atoms. The average molecular weight is 391 g/mol. The second-order valence-electron chi connectivity index (χ2n) is 5.00. The molecule has 1 aromatic heterocycles. The third-order valence-electron chi connectivity index (χ3n) is 3.53. The van der Waals surface area contributed by atoms with Crippen LogP contribution in [0.15, 0.2) is 50.3 Å². The highest BCUT2D eigenvalue weighted by Gasteiger charge is 2.34. The summed E-state index contributed by atoms with van der Waals surface area (Å²) in [6, 6.07) is 7.77. The molecule has 2 aliphatic rings. The number of thiazole rings is 1. The summed E-state index contributed by atoms with van der Waals surface area (Å²) < 4.78 is 1.03. The van der Waals surface area contributed by atoms with Crippen molar-refractivity contribution in [3.63, 3.8) is 0 Å². The summed E-state index contributed by atoms with van der Waals surface area (Å²) in [6.45, 7) is 0.375. The molecule has 2 aliphatic heterocycles. The summed E-state index contributed by atoms with van der Waals surface area (Å²) in [4.78, 5) is 18.2. The molecule has 4 rings (SSSR count). The summed E-state index contributed by atoms with van der Waals surface area (Å²) in [5, 5.41) is 15.1. The second-order valence-corrected chi connectivity index (χ2v) is 6.78. The maximum absolute atomic E-state index is 12.0. The number of hydrogen-bond acceptors (Lipinski definition) is 6. The van der Waals surface area contributed by atoms with Crippen molar-refractivity contribution < 1.29 is 4.79 Å². The molecular formula is C14H11BrN6OS. The zero-order chi connectivity index (χ0) is 16.0. The normalized spacial score (nSPS) is 16.9. The molecular weight excluding hydrogens is 380 g/mol. The average Bonchev–Trinajstić information content (AvgIpc) is 3.18. The van der Waals surface area contributed by atoms with E-state index in [1.54, 1.807) is 11.9 Å². The molecule has 0 saturated carbocycles. The summed E-state index contributed by atoms with van der Waals surface area (Å²) >= 11 is 4.93. The number of hydrogen-bond donors (Lipinski definition) is 1. The van der Waals surface area contributed by atoms with Crippen molar-refractivity contribution in [2.75, 3.05) is 13.7 Å². The van der Waals surface area contributed by atoms with Gasteiger partial charge in [-0.05, 0) is 12.1 Å². The van der Waals surface area contributed by atoms with Crippen LogP contribution < -0.4 is 5.32 Å². The highest BCUT2D eigenvalue weighted by Crippen LogP contribution is 2.32. The van der Waals surface area contributed by atoms with Gasteiger partial charge >= 0.3 is 6.03 Å². The van der Waals surface area contributed by atoms with E-state index in [4.69, 9.17) is 0 Å². The van der Waals surface area contributed by atoms with Crippen LogP contribution in [0.1, 0.15) is 5.01 Å². The molecule has 116 valence electrons. The molecule has 2 amide bonds. The minimum Gasteiger partial charge on any atom is -0.362 e. The van der Waals surface area contributed by atoms with Crippen LogP contribution in [0.2, 0.25) is 0 Å². The maximum atomic E-state index is 12.0. The lowest BCUT2D eigenvalue weighted by Crippen LogP contribution is -2.40. The fourth-order valence-corrected chi connectivity index (χ4v) is 3.45. The maximum Gasteiger partial charge on any atom is 0.348 e. The Morgan fingerprint density at radius 2 is 2.09 bits per heavy atom. The molecule has 0 unspecified atom stereocenters. The third-order valence-corrected chi connectivity index (χ3v) is 4.92. The van der Waals surface area contributed by atoms with Crippen LogP contribution in [0.3, 0.4) is 0 Å². The minimum atomic E-state index is -0.206. The number of urea groups is 1. The predicted octanol–water partition coefficient (Wildman–Crippen LogP) is 3.49. The molecule has 3 heterocycles. The quantitative estimate of drug-likeness (QED) is 0.852. The Labute approximate surface area is 144 Å². The first kappa shape index (κ1) is 14.3. The fraction of sp³-hybridized carbons (Fsp3) is 0.143. The van der Waals surface area contributed by atoms with Crippen LogP contribution in [-0.4, -0.2) is 34.6 Å². The van der Waals surface area contributed by atoms with Crippen LogP contribution in [0.5, 0.6) is 0 Å². The molecule has 0 spiro atoms. The number of amides is 2. The molecule has 1 N–H and O–H groups in total. The molecule has 23 heavy (non-hydrogen) atoms. The standard InChI is InChI=1S/C14H11BrN6OS/c1-20-14(22)21-7-16-11(12(21)18-19-20)13-17-10(6-23-13)8-2-4-9(15)5-3-8/h2-6,16H,7H2,1H3. The van der Waals surface area contributed by atoms with Gasteiger partial charge in [0.05, 0.1) is 12.4 Å². The zero-order valence-electron chi connectivity index (χ0n) is 12.0. The van der Waals surface area contributed by atoms with E-state index < -0.39 is 0 Å². The van der Waals surface area contributed by atoms with Crippen molar-refractivity contribution >= 4 is 39.0 Å². The highest BCUT2D eigenvalue weighted by molar-refractivity contribution is 9.10. The van der Waals surface area contributed by atoms with Gasteiger partial charge in [0.1, 0.15) is 10.7 Å². The Bertz CT molecular complexity index is 843. The van der Waals surface area contributed by atoms with Crippen LogP contribution in [-0.2, 0) is 0 Å². The van der Waals surface area contributed by atoms with Crippen molar-refractivity contribution in [2.45, 2.75) is 0 Å². The largest absolute Gasteiger partial charge is 0.362 e. The van der Waals surface area contributed by atoms with Crippen molar-refractivity contribution in [1.82, 2.24) is 20.2 Å². The van der Waals surface area contributed by atoms with Gasteiger partial charge in [0.15, 0.2) is 5.82 Å². The zero-order valence-corrected chi connectivity index (χ0v) is 14.4. The predicted molar refractivity (Wildman–Crippen MR) is 90.0 cm³/mol. The van der Waals surface area contributed by atoms with E-state index in [1.807, 2.05) is 29.6 Å². The smallest absolute Gasteiger partial charge is 0.348 e. The summed E-state index contributed by atoms with van der Waals surface area (Å²) in [5.74, 6) is 0.518. The van der Waals surface area contributed by atoms with Gasteiger partial charge in [-0.25, -0.2) is 9.78 Å². The number of halogens is 1. The number of fused-ring (bicyclic) bond motifs is 1. The van der Waals surface area contributed by atoms with Gasteiger partial charge < -0.3 is 5.32 Å². The number of rotatable bonds is 2. The number of nitrogens with zero attached hydrogens (tertiary/aromatic N) is 5. The van der Waals surface area contributed by atoms with E-state index in [0.717, 1.165) is 26.4 Å². The molecule has 0 radical (unpaired) electrons. The SMILES string of the molecule is CN1N=NC2=C(c3nc(-c4ccc(Br)cc4)cs3)NCN2C1=O. The Kier molecular flexibility index (Phi) is 3.38. The van der Waals surface area contributed by atoms with Crippen molar-refractivity contribution in [2.24, 2.45) is 10.3 Å². The van der Waals surface area contributed by atoms with Gasteiger partial charge in [-0.1, -0.05) is 33.3 Å². The third kappa shape index (κ3) is 2.41. The van der Waals surface area contributed by atoms with Gasteiger partial charge in [-0.2, -0.15) is 5.01 Å². The van der Waals surface area contributed by atoms with E-state index >= 15 is 0 Å². The molecule has 0 fully saturated rings. The Hall–Kier alpha value is -2.26. The molecule has 1 aromatic carbocycles. The van der Waals surface area contributed by atoms with Gasteiger partial charge in [-0.3, -0.25) is 4.90 Å². The van der Waals surface area contributed by atoms with Crippen LogP contribution in [0.25, 0.3) is 17.0 Å². The van der Waals surface area contributed by atoms with Crippen LogP contribution in [0, 0.1) is 0 Å². The first-order chi connectivity index (χ1) is 11.1. The molecule has 9 heteroatoms. The van der Waals surface area contributed by atoms with E-state index in [9.17, 15) is 4.79 Å². The molecule has 2 aromatic rings. The van der Waals surface area contributed by atoms with Gasteiger partial charge in [0.2, 0.25) is 0 Å². The fourth-order valence-electron chi connectivity index (χ4n) is 2.34. The number of carbonyl (C=O) groups is 1. The van der Waals surface area contributed by atoms with E-state index in [1.165, 1.54) is 16.3 Å². The lowest BCUT2D eigenvalue weighted by Gasteiger charge is -2.23. The van der Waals surface area contributed by atoms with Crippen LogP contribution in [0.4, 0.5) is 4.79 Å². The lowest BCUT2D eigenvalue weighted by molar-refractivity contribution is 0.165. The molecule has 0 saturated heterocycles. The van der Waals surface area contributed by atoms with Gasteiger partial charge in [0, 0.05) is 22.5 Å². The number of carbonyl (C=O) groups excluding carboxylic acids is 1. The summed E-state index contributed by atoms with van der Waals surface area (Å²) in [5.41, 5.74) is 2.67. The topological polar surface area (TPSA) is 73.2 Å². The number of aromatic nitrogens is 1. The first-order valence-electron chi connectivity index (χ1n) is 6.80. The molecule has 0 atom stereocenters. The second kappa shape index (κ2) is 5.43. The van der Waals surface area contributed by atoms with Crippen molar-refractivity contribution in [1.29, 1.82) is 0 Å². The van der Waals surface area contributed by atoms with Gasteiger partial charge in [-0.15, -0.1) is 16.5 Å². The van der Waals surface area contributed by atoms with E-state index in [0.29, 0.717) is 12.5 Å². The Morgan fingerprint density at radius 1 is 1.30 bits per heavy atom. The monoisotopic (exact) mass is 390 g/mol.